The minimum atomic E-state index is -3.48. The molecule has 2 aromatic rings. The van der Waals surface area contributed by atoms with E-state index < -0.39 is 9.84 Å². The quantitative estimate of drug-likeness (QED) is 0.749. The molecule has 1 spiro atoms. The molecule has 0 saturated heterocycles. The Bertz CT molecular complexity index is 908. The van der Waals surface area contributed by atoms with Gasteiger partial charge in [-0.15, -0.1) is 0 Å². The summed E-state index contributed by atoms with van der Waals surface area (Å²) in [4.78, 5) is 20.6. The van der Waals surface area contributed by atoms with Crippen LogP contribution in [0.1, 0.15) is 55.4 Å². The van der Waals surface area contributed by atoms with Crippen LogP contribution in [0.25, 0.3) is 11.0 Å². The summed E-state index contributed by atoms with van der Waals surface area (Å²) in [6.45, 7) is 0. The molecule has 0 aromatic carbocycles. The number of fused-ring (bicyclic) bond motifs is 4. The van der Waals surface area contributed by atoms with Crippen molar-refractivity contribution in [3.05, 3.63) is 18.0 Å². The SMILES string of the molecule is CS(=O)(=O)c1ncc2cc3n(c2n1)C1(CCCCC1)CCC3=O. The molecule has 0 N–H and O–H groups in total. The fourth-order valence-electron chi connectivity index (χ4n) is 4.11. The van der Waals surface area contributed by atoms with Crippen molar-refractivity contribution < 1.29 is 13.2 Å². The summed E-state index contributed by atoms with van der Waals surface area (Å²) in [5.41, 5.74) is 1.16. The maximum atomic E-state index is 12.4. The maximum Gasteiger partial charge on any atom is 0.248 e. The molecule has 1 saturated carbocycles. The summed E-state index contributed by atoms with van der Waals surface area (Å²) in [7, 11) is -3.48. The molecule has 1 aliphatic heterocycles. The highest BCUT2D eigenvalue weighted by molar-refractivity contribution is 7.90. The fraction of sp³-hybridized carbons (Fsp3) is 0.562. The van der Waals surface area contributed by atoms with Crippen LogP contribution in [-0.4, -0.2) is 35.0 Å². The average molecular weight is 333 g/mol. The Labute approximate surface area is 134 Å². The predicted molar refractivity (Wildman–Crippen MR) is 85.3 cm³/mol. The van der Waals surface area contributed by atoms with Gasteiger partial charge in [-0.2, -0.15) is 4.98 Å². The average Bonchev–Trinajstić information content (AvgIpc) is 2.92. The van der Waals surface area contributed by atoms with E-state index in [9.17, 15) is 13.2 Å². The molecule has 2 aromatic heterocycles. The van der Waals surface area contributed by atoms with Gasteiger partial charge in [-0.05, 0) is 25.3 Å². The van der Waals surface area contributed by atoms with Gasteiger partial charge in [0.2, 0.25) is 15.0 Å². The lowest BCUT2D eigenvalue weighted by Crippen LogP contribution is -2.41. The summed E-state index contributed by atoms with van der Waals surface area (Å²) in [6.07, 6.45) is 9.54. The van der Waals surface area contributed by atoms with Gasteiger partial charge in [-0.25, -0.2) is 13.4 Å². The molecule has 0 radical (unpaired) electrons. The number of aromatic nitrogens is 3. The van der Waals surface area contributed by atoms with E-state index in [4.69, 9.17) is 0 Å². The predicted octanol–water partition coefficient (Wildman–Crippen LogP) is 2.47. The van der Waals surface area contributed by atoms with Gasteiger partial charge >= 0.3 is 0 Å². The van der Waals surface area contributed by atoms with Crippen molar-refractivity contribution in [2.45, 2.75) is 55.6 Å². The number of Topliss-reactive ketones (excluding diaryl/α,β-unsaturated/α-hetero) is 1. The molecule has 2 aliphatic rings. The smallest absolute Gasteiger partial charge is 0.248 e. The van der Waals surface area contributed by atoms with E-state index in [2.05, 4.69) is 9.97 Å². The zero-order valence-electron chi connectivity index (χ0n) is 13.1. The summed E-state index contributed by atoms with van der Waals surface area (Å²) in [6, 6.07) is 1.82. The van der Waals surface area contributed by atoms with E-state index in [1.54, 1.807) is 0 Å². The fourth-order valence-corrected chi connectivity index (χ4v) is 4.60. The van der Waals surface area contributed by atoms with Crippen molar-refractivity contribution in [3.8, 4) is 0 Å². The molecule has 4 rings (SSSR count). The molecule has 3 heterocycles. The first-order valence-corrected chi connectivity index (χ1v) is 9.92. The van der Waals surface area contributed by atoms with Gasteiger partial charge in [0.25, 0.3) is 0 Å². The van der Waals surface area contributed by atoms with E-state index >= 15 is 0 Å². The highest BCUT2D eigenvalue weighted by Crippen LogP contribution is 2.45. The maximum absolute atomic E-state index is 12.4. The first-order chi connectivity index (χ1) is 10.9. The zero-order chi connectivity index (χ0) is 16.2. The molecular formula is C16H19N3O3S. The second-order valence-corrected chi connectivity index (χ2v) is 8.69. The van der Waals surface area contributed by atoms with E-state index in [-0.39, 0.29) is 16.5 Å². The lowest BCUT2D eigenvalue weighted by Gasteiger charge is -2.42. The number of rotatable bonds is 1. The minimum Gasteiger partial charge on any atom is -0.316 e. The van der Waals surface area contributed by atoms with Crippen molar-refractivity contribution in [3.63, 3.8) is 0 Å². The Morgan fingerprint density at radius 3 is 2.61 bits per heavy atom. The second kappa shape index (κ2) is 4.87. The second-order valence-electron chi connectivity index (χ2n) is 6.78. The van der Waals surface area contributed by atoms with Gasteiger partial charge in [-0.3, -0.25) is 4.79 Å². The standard InChI is InChI=1S/C16H19N3O3S/c1-23(21,22)15-17-10-11-9-12-13(20)5-8-16(6-3-2-4-7-16)19(12)14(11)18-15/h9-10H,2-8H2,1H3. The molecule has 0 bridgehead atoms. The van der Waals surface area contributed by atoms with Crippen LogP contribution in [0.3, 0.4) is 0 Å². The van der Waals surface area contributed by atoms with E-state index in [1.807, 2.05) is 10.6 Å². The number of sulfone groups is 1. The van der Waals surface area contributed by atoms with Gasteiger partial charge in [0.1, 0.15) is 5.65 Å². The normalized spacial score (nSPS) is 20.8. The van der Waals surface area contributed by atoms with Crippen molar-refractivity contribution in [2.75, 3.05) is 6.26 Å². The highest BCUT2D eigenvalue weighted by atomic mass is 32.2. The lowest BCUT2D eigenvalue weighted by atomic mass is 9.75. The molecule has 0 unspecified atom stereocenters. The van der Waals surface area contributed by atoms with Crippen molar-refractivity contribution in [1.82, 2.24) is 14.5 Å². The lowest BCUT2D eigenvalue weighted by molar-refractivity contribution is 0.0852. The van der Waals surface area contributed by atoms with Crippen LogP contribution in [0.5, 0.6) is 0 Å². The molecule has 0 atom stereocenters. The molecule has 1 fully saturated rings. The summed E-state index contributed by atoms with van der Waals surface area (Å²) in [5, 5.41) is 0.572. The van der Waals surface area contributed by atoms with Crippen LogP contribution in [0.15, 0.2) is 17.4 Å². The number of nitrogens with zero attached hydrogens (tertiary/aromatic N) is 3. The van der Waals surface area contributed by atoms with Crippen LogP contribution in [0.2, 0.25) is 0 Å². The van der Waals surface area contributed by atoms with Crippen molar-refractivity contribution in [2.24, 2.45) is 0 Å². The Balaban J connectivity index is 2.02. The monoisotopic (exact) mass is 333 g/mol. The molecule has 122 valence electrons. The number of hydrogen-bond acceptors (Lipinski definition) is 5. The number of hydrogen-bond donors (Lipinski definition) is 0. The molecule has 0 amide bonds. The Morgan fingerprint density at radius 2 is 1.91 bits per heavy atom. The summed E-state index contributed by atoms with van der Waals surface area (Å²) in [5.74, 6) is 0.111. The zero-order valence-corrected chi connectivity index (χ0v) is 13.9. The minimum absolute atomic E-state index is 0.0909. The van der Waals surface area contributed by atoms with Gasteiger partial charge in [0.15, 0.2) is 5.78 Å². The Hall–Kier alpha value is -1.76. The van der Waals surface area contributed by atoms with Crippen molar-refractivity contribution >= 4 is 26.7 Å². The largest absolute Gasteiger partial charge is 0.316 e. The van der Waals surface area contributed by atoms with Crippen molar-refractivity contribution in [1.29, 1.82) is 0 Å². The Morgan fingerprint density at radius 1 is 1.17 bits per heavy atom. The molecular weight excluding hydrogens is 314 g/mol. The molecule has 6 nitrogen and oxygen atoms in total. The Kier molecular flexibility index (Phi) is 3.13. The molecule has 7 heteroatoms. The summed E-state index contributed by atoms with van der Waals surface area (Å²) < 4.78 is 25.6. The van der Waals surface area contributed by atoms with Crippen LogP contribution < -0.4 is 0 Å². The van der Waals surface area contributed by atoms with Crippen LogP contribution in [0, 0.1) is 0 Å². The van der Waals surface area contributed by atoms with Gasteiger partial charge in [0.05, 0.1) is 5.69 Å². The first-order valence-electron chi connectivity index (χ1n) is 8.03. The first kappa shape index (κ1) is 14.8. The van der Waals surface area contributed by atoms with Gasteiger partial charge < -0.3 is 4.57 Å². The van der Waals surface area contributed by atoms with E-state index in [0.29, 0.717) is 17.8 Å². The third-order valence-corrected chi connectivity index (χ3v) is 6.07. The van der Waals surface area contributed by atoms with E-state index in [1.165, 1.54) is 12.6 Å². The van der Waals surface area contributed by atoms with Crippen LogP contribution >= 0.6 is 0 Å². The van der Waals surface area contributed by atoms with Gasteiger partial charge in [0, 0.05) is 29.8 Å². The highest BCUT2D eigenvalue weighted by Gasteiger charge is 2.41. The van der Waals surface area contributed by atoms with Crippen LogP contribution in [0.4, 0.5) is 0 Å². The van der Waals surface area contributed by atoms with E-state index in [0.717, 1.165) is 43.7 Å². The molecule has 1 aliphatic carbocycles. The van der Waals surface area contributed by atoms with Crippen LogP contribution in [-0.2, 0) is 15.4 Å². The number of carbonyl (C=O) groups excluding carboxylic acids is 1. The third-order valence-electron chi connectivity index (χ3n) is 5.21. The van der Waals surface area contributed by atoms with Gasteiger partial charge in [-0.1, -0.05) is 19.3 Å². The molecule has 23 heavy (non-hydrogen) atoms. The summed E-state index contributed by atoms with van der Waals surface area (Å²) >= 11 is 0. The third kappa shape index (κ3) is 2.21. The number of carbonyl (C=O) groups is 1. The topological polar surface area (TPSA) is 81.9 Å². The number of ketones is 1.